The van der Waals surface area contributed by atoms with Crippen LogP contribution in [0.15, 0.2) is 34.7 Å². The monoisotopic (exact) mass is 309 g/mol. The summed E-state index contributed by atoms with van der Waals surface area (Å²) in [6.07, 6.45) is 0.383. The number of hydrogen-bond acceptors (Lipinski definition) is 5. The number of nitrogens with zero attached hydrogens (tertiary/aromatic N) is 2. The third-order valence-electron chi connectivity index (χ3n) is 2.84. The summed E-state index contributed by atoms with van der Waals surface area (Å²) in [5.74, 6) is 1.15. The molecule has 2 rings (SSSR count). The van der Waals surface area contributed by atoms with E-state index in [1.165, 1.54) is 0 Å². The van der Waals surface area contributed by atoms with Crippen molar-refractivity contribution in [3.63, 3.8) is 0 Å². The Labute approximate surface area is 124 Å². The Morgan fingerprint density at radius 3 is 2.52 bits per heavy atom. The van der Waals surface area contributed by atoms with Crippen LogP contribution in [0.4, 0.5) is 0 Å². The van der Waals surface area contributed by atoms with Crippen molar-refractivity contribution in [2.45, 2.75) is 31.9 Å². The fourth-order valence-corrected chi connectivity index (χ4v) is 2.91. The van der Waals surface area contributed by atoms with Crippen LogP contribution in [0.25, 0.3) is 0 Å². The molecule has 1 aromatic carbocycles. The van der Waals surface area contributed by atoms with Gasteiger partial charge in [0.05, 0.1) is 5.75 Å². The summed E-state index contributed by atoms with van der Waals surface area (Å²) in [6.45, 7) is 4.16. The highest BCUT2D eigenvalue weighted by molar-refractivity contribution is 7.88. The summed E-state index contributed by atoms with van der Waals surface area (Å²) in [6, 6.07) is 9.05. The molecule has 0 fully saturated rings. The van der Waals surface area contributed by atoms with Gasteiger partial charge in [0, 0.05) is 18.9 Å². The number of sulfonamides is 1. The predicted octanol–water partition coefficient (Wildman–Crippen LogP) is 1.86. The van der Waals surface area contributed by atoms with Crippen LogP contribution in [-0.2, 0) is 22.2 Å². The Morgan fingerprint density at radius 1 is 1.19 bits per heavy atom. The smallest absolute Gasteiger partial charge is 0.219 e. The first-order valence-corrected chi connectivity index (χ1v) is 8.45. The third-order valence-corrected chi connectivity index (χ3v) is 4.19. The molecule has 0 saturated heterocycles. The molecule has 0 saturated carbocycles. The predicted molar refractivity (Wildman–Crippen MR) is 79.2 cm³/mol. The molecule has 0 amide bonds. The average Bonchev–Trinajstić information content (AvgIpc) is 2.88. The molecule has 0 unspecified atom stereocenters. The second-order valence-electron chi connectivity index (χ2n) is 5.08. The van der Waals surface area contributed by atoms with Gasteiger partial charge in [-0.05, 0) is 5.56 Å². The number of rotatable bonds is 7. The largest absolute Gasteiger partial charge is 0.425 e. The zero-order valence-corrected chi connectivity index (χ0v) is 12.9. The zero-order chi connectivity index (χ0) is 15.3. The highest BCUT2D eigenvalue weighted by atomic mass is 32.2. The van der Waals surface area contributed by atoms with Crippen molar-refractivity contribution in [1.82, 2.24) is 14.9 Å². The number of benzene rings is 1. The maximum atomic E-state index is 11.9. The molecule has 2 aromatic rings. The minimum atomic E-state index is -3.35. The molecular formula is C14H19N3O3S. The van der Waals surface area contributed by atoms with Gasteiger partial charge in [-0.3, -0.25) is 0 Å². The number of hydrogen-bond donors (Lipinski definition) is 1. The van der Waals surface area contributed by atoms with Crippen LogP contribution < -0.4 is 4.72 Å². The number of nitrogens with one attached hydrogen (secondary N) is 1. The van der Waals surface area contributed by atoms with Crippen LogP contribution in [0.1, 0.15) is 37.1 Å². The Bertz CT molecular complexity index is 666. The lowest BCUT2D eigenvalue weighted by Gasteiger charge is -2.05. The second kappa shape index (κ2) is 6.82. The van der Waals surface area contributed by atoms with Gasteiger partial charge in [-0.2, -0.15) is 0 Å². The van der Waals surface area contributed by atoms with Crippen molar-refractivity contribution in [1.29, 1.82) is 0 Å². The van der Waals surface area contributed by atoms with Gasteiger partial charge in [0.1, 0.15) is 0 Å². The van der Waals surface area contributed by atoms with Gasteiger partial charge in [0.25, 0.3) is 0 Å². The van der Waals surface area contributed by atoms with Gasteiger partial charge < -0.3 is 4.42 Å². The van der Waals surface area contributed by atoms with Crippen LogP contribution in [-0.4, -0.2) is 25.2 Å². The summed E-state index contributed by atoms with van der Waals surface area (Å²) < 4.78 is 31.8. The normalized spacial score (nSPS) is 12.0. The molecule has 7 heteroatoms. The molecule has 1 aromatic heterocycles. The van der Waals surface area contributed by atoms with Crippen molar-refractivity contribution in [3.8, 4) is 0 Å². The topological polar surface area (TPSA) is 85.1 Å². The van der Waals surface area contributed by atoms with Gasteiger partial charge in [0.15, 0.2) is 0 Å². The van der Waals surface area contributed by atoms with Gasteiger partial charge in [-0.25, -0.2) is 13.1 Å². The van der Waals surface area contributed by atoms with E-state index in [0.29, 0.717) is 18.2 Å². The fourth-order valence-electron chi connectivity index (χ4n) is 1.76. The third kappa shape index (κ3) is 4.95. The van der Waals surface area contributed by atoms with Crippen LogP contribution in [0, 0.1) is 0 Å². The zero-order valence-electron chi connectivity index (χ0n) is 12.1. The molecule has 0 spiro atoms. The molecule has 1 N–H and O–H groups in total. The van der Waals surface area contributed by atoms with E-state index in [2.05, 4.69) is 14.9 Å². The lowest BCUT2D eigenvalue weighted by atomic mass is 10.2. The highest BCUT2D eigenvalue weighted by Gasteiger charge is 2.13. The maximum absolute atomic E-state index is 11.9. The lowest BCUT2D eigenvalue weighted by Crippen LogP contribution is -2.27. The van der Waals surface area contributed by atoms with Crippen molar-refractivity contribution < 1.29 is 12.8 Å². The summed E-state index contributed by atoms with van der Waals surface area (Å²) in [7, 11) is -3.35. The first kappa shape index (κ1) is 15.7. The molecule has 1 heterocycles. The van der Waals surface area contributed by atoms with E-state index in [9.17, 15) is 8.42 Å². The Balaban J connectivity index is 1.84. The van der Waals surface area contributed by atoms with Gasteiger partial charge >= 0.3 is 0 Å². The first-order valence-electron chi connectivity index (χ1n) is 6.80. The van der Waals surface area contributed by atoms with E-state index in [1.807, 2.05) is 32.0 Å². The summed E-state index contributed by atoms with van der Waals surface area (Å²) in [5, 5.41) is 7.79. The summed E-state index contributed by atoms with van der Waals surface area (Å²) >= 11 is 0. The molecule has 0 aliphatic rings. The molecule has 0 aliphatic heterocycles. The lowest BCUT2D eigenvalue weighted by molar-refractivity contribution is 0.431. The Kier molecular flexibility index (Phi) is 5.08. The van der Waals surface area contributed by atoms with E-state index in [0.717, 1.165) is 5.56 Å². The molecule has 114 valence electrons. The van der Waals surface area contributed by atoms with E-state index in [-0.39, 0.29) is 18.2 Å². The Morgan fingerprint density at radius 2 is 1.90 bits per heavy atom. The van der Waals surface area contributed by atoms with Gasteiger partial charge in [-0.1, -0.05) is 44.2 Å². The summed E-state index contributed by atoms with van der Waals surface area (Å²) in [5.41, 5.74) is 0.755. The first-order chi connectivity index (χ1) is 9.96. The quantitative estimate of drug-likeness (QED) is 0.843. The van der Waals surface area contributed by atoms with Gasteiger partial charge in [0.2, 0.25) is 21.8 Å². The van der Waals surface area contributed by atoms with Crippen molar-refractivity contribution in [3.05, 3.63) is 47.7 Å². The molecule has 0 bridgehead atoms. The standard InChI is InChI=1S/C14H19N3O3S/c1-11(2)14-17-16-13(20-14)8-9-15-21(18,19)10-12-6-4-3-5-7-12/h3-7,11,15H,8-10H2,1-2H3. The highest BCUT2D eigenvalue weighted by Crippen LogP contribution is 2.12. The second-order valence-corrected chi connectivity index (χ2v) is 6.88. The fraction of sp³-hybridized carbons (Fsp3) is 0.429. The average molecular weight is 309 g/mol. The van der Waals surface area contributed by atoms with Crippen LogP contribution >= 0.6 is 0 Å². The van der Waals surface area contributed by atoms with Crippen molar-refractivity contribution >= 4 is 10.0 Å². The molecular weight excluding hydrogens is 290 g/mol. The van der Waals surface area contributed by atoms with E-state index in [4.69, 9.17) is 4.42 Å². The van der Waals surface area contributed by atoms with Crippen LogP contribution in [0.3, 0.4) is 0 Å². The number of aromatic nitrogens is 2. The van der Waals surface area contributed by atoms with E-state index >= 15 is 0 Å². The molecule has 0 atom stereocenters. The molecule has 0 radical (unpaired) electrons. The van der Waals surface area contributed by atoms with Crippen LogP contribution in [0.2, 0.25) is 0 Å². The molecule has 21 heavy (non-hydrogen) atoms. The maximum Gasteiger partial charge on any atom is 0.219 e. The van der Waals surface area contributed by atoms with Crippen molar-refractivity contribution in [2.75, 3.05) is 6.54 Å². The minimum Gasteiger partial charge on any atom is -0.425 e. The minimum absolute atomic E-state index is 0.0328. The van der Waals surface area contributed by atoms with Gasteiger partial charge in [-0.15, -0.1) is 10.2 Å². The van der Waals surface area contributed by atoms with Crippen molar-refractivity contribution in [2.24, 2.45) is 0 Å². The SMILES string of the molecule is CC(C)c1nnc(CCNS(=O)(=O)Cc2ccccc2)o1. The Hall–Kier alpha value is -1.73. The van der Waals surface area contributed by atoms with Crippen LogP contribution in [0.5, 0.6) is 0 Å². The van der Waals surface area contributed by atoms with E-state index in [1.54, 1.807) is 12.1 Å². The molecule has 6 nitrogen and oxygen atoms in total. The summed E-state index contributed by atoms with van der Waals surface area (Å²) in [4.78, 5) is 0. The van der Waals surface area contributed by atoms with E-state index < -0.39 is 10.0 Å². The molecule has 0 aliphatic carbocycles.